The zero-order chi connectivity index (χ0) is 15.6. The highest BCUT2D eigenvalue weighted by Gasteiger charge is 2.27. The molecule has 1 aromatic heterocycles. The van der Waals surface area contributed by atoms with E-state index in [2.05, 4.69) is 10.3 Å². The summed E-state index contributed by atoms with van der Waals surface area (Å²) in [7, 11) is 3.27. The molecule has 2 rings (SSSR count). The molecule has 0 aliphatic rings. The molecule has 1 unspecified atom stereocenters. The largest absolute Gasteiger partial charge is 0.476 e. The number of likely N-dealkylation sites (N-methyl/N-ethyl adjacent to an activating group) is 1. The second-order valence-corrected chi connectivity index (χ2v) is 4.81. The minimum absolute atomic E-state index is 0.167. The Labute approximate surface area is 121 Å². The first-order valence-electron chi connectivity index (χ1n) is 6.38. The van der Waals surface area contributed by atoms with Crippen molar-refractivity contribution in [1.29, 1.82) is 0 Å². The molecule has 0 aliphatic heterocycles. The first kappa shape index (κ1) is 14.7. The van der Waals surface area contributed by atoms with Gasteiger partial charge in [-0.05, 0) is 6.92 Å². The number of aromatic carboxylic acids is 1. The fourth-order valence-corrected chi connectivity index (χ4v) is 2.05. The van der Waals surface area contributed by atoms with Gasteiger partial charge in [0, 0.05) is 19.7 Å². The molecule has 1 atom stereocenters. The summed E-state index contributed by atoms with van der Waals surface area (Å²) in [6, 6.07) is 8.28. The molecule has 1 N–H and O–H groups in total. The summed E-state index contributed by atoms with van der Waals surface area (Å²) in [5.74, 6) is -1.36. The lowest BCUT2D eigenvalue weighted by atomic mass is 10.1. The number of carbonyl (C=O) groups excluding carboxylic acids is 1. The smallest absolute Gasteiger partial charge is 0.358 e. The number of aromatic nitrogens is 3. The molecule has 2 aromatic rings. The topological polar surface area (TPSA) is 88.3 Å². The average molecular weight is 288 g/mol. The molecule has 0 fully saturated rings. The van der Waals surface area contributed by atoms with E-state index >= 15 is 0 Å². The van der Waals surface area contributed by atoms with Crippen LogP contribution in [0.15, 0.2) is 30.3 Å². The van der Waals surface area contributed by atoms with E-state index in [0.29, 0.717) is 11.3 Å². The van der Waals surface area contributed by atoms with Crippen molar-refractivity contribution in [2.24, 2.45) is 0 Å². The van der Waals surface area contributed by atoms with Crippen molar-refractivity contribution in [2.75, 3.05) is 14.1 Å². The van der Waals surface area contributed by atoms with Crippen molar-refractivity contribution >= 4 is 11.9 Å². The highest BCUT2D eigenvalue weighted by Crippen LogP contribution is 2.25. The molecule has 110 valence electrons. The van der Waals surface area contributed by atoms with Gasteiger partial charge in [-0.1, -0.05) is 35.5 Å². The molecule has 0 bridgehead atoms. The third-order valence-corrected chi connectivity index (χ3v) is 3.11. The molecular weight excluding hydrogens is 272 g/mol. The summed E-state index contributed by atoms with van der Waals surface area (Å²) in [6.45, 7) is 1.66. The van der Waals surface area contributed by atoms with Gasteiger partial charge in [0.15, 0.2) is 5.69 Å². The highest BCUT2D eigenvalue weighted by molar-refractivity contribution is 5.93. The summed E-state index contributed by atoms with van der Waals surface area (Å²) in [6.07, 6.45) is 0. The lowest BCUT2D eigenvalue weighted by molar-refractivity contribution is -0.131. The second-order valence-electron chi connectivity index (χ2n) is 4.81. The Hall–Kier alpha value is -2.70. The number of benzene rings is 1. The van der Waals surface area contributed by atoms with E-state index in [1.165, 1.54) is 9.58 Å². The van der Waals surface area contributed by atoms with Crippen molar-refractivity contribution < 1.29 is 14.7 Å². The quantitative estimate of drug-likeness (QED) is 0.916. The standard InChI is InChI=1S/C14H16N4O3/c1-9(13(19)17(2)3)18-12(10-7-5-4-6-8-10)11(14(20)21)15-16-18/h4-9H,1-3H3,(H,20,21). The molecule has 0 aliphatic carbocycles. The lowest BCUT2D eigenvalue weighted by Crippen LogP contribution is -2.30. The van der Waals surface area contributed by atoms with Gasteiger partial charge in [0.1, 0.15) is 11.7 Å². The number of hydrogen-bond acceptors (Lipinski definition) is 4. The van der Waals surface area contributed by atoms with Crippen LogP contribution < -0.4 is 0 Å². The van der Waals surface area contributed by atoms with E-state index in [4.69, 9.17) is 0 Å². The molecule has 1 amide bonds. The van der Waals surface area contributed by atoms with Gasteiger partial charge in [-0.3, -0.25) is 4.79 Å². The van der Waals surface area contributed by atoms with E-state index in [0.717, 1.165) is 0 Å². The van der Waals surface area contributed by atoms with E-state index in [1.54, 1.807) is 45.3 Å². The Bertz CT molecular complexity index is 664. The van der Waals surface area contributed by atoms with Crippen LogP contribution in [0.4, 0.5) is 0 Å². The Morgan fingerprint density at radius 2 is 1.86 bits per heavy atom. The number of carboxylic acid groups (broad SMARTS) is 1. The zero-order valence-corrected chi connectivity index (χ0v) is 12.0. The average Bonchev–Trinajstić information content (AvgIpc) is 2.91. The number of hydrogen-bond donors (Lipinski definition) is 1. The molecule has 0 saturated carbocycles. The zero-order valence-electron chi connectivity index (χ0n) is 12.0. The molecule has 0 spiro atoms. The molecule has 21 heavy (non-hydrogen) atoms. The lowest BCUT2D eigenvalue weighted by Gasteiger charge is -2.18. The fourth-order valence-electron chi connectivity index (χ4n) is 2.05. The van der Waals surface area contributed by atoms with Gasteiger partial charge in [-0.2, -0.15) is 0 Å². The monoisotopic (exact) mass is 288 g/mol. The molecule has 1 aromatic carbocycles. The van der Waals surface area contributed by atoms with E-state index in [9.17, 15) is 14.7 Å². The van der Waals surface area contributed by atoms with Gasteiger partial charge in [-0.15, -0.1) is 5.10 Å². The number of amides is 1. The number of carboxylic acids is 1. The van der Waals surface area contributed by atoms with Crippen LogP contribution in [0, 0.1) is 0 Å². The molecule has 1 heterocycles. The van der Waals surface area contributed by atoms with Crippen LogP contribution in [0.1, 0.15) is 23.5 Å². The molecule has 7 heteroatoms. The van der Waals surface area contributed by atoms with Crippen molar-refractivity contribution in [2.45, 2.75) is 13.0 Å². The maximum absolute atomic E-state index is 12.1. The molecule has 0 saturated heterocycles. The Balaban J connectivity index is 2.58. The first-order valence-corrected chi connectivity index (χ1v) is 6.38. The minimum Gasteiger partial charge on any atom is -0.476 e. The Morgan fingerprint density at radius 3 is 2.38 bits per heavy atom. The van der Waals surface area contributed by atoms with Gasteiger partial charge in [0.05, 0.1) is 0 Å². The van der Waals surface area contributed by atoms with Crippen LogP contribution in [0.2, 0.25) is 0 Å². The fraction of sp³-hybridized carbons (Fsp3) is 0.286. The van der Waals surface area contributed by atoms with Crippen molar-refractivity contribution in [3.63, 3.8) is 0 Å². The Kier molecular flexibility index (Phi) is 4.02. The van der Waals surface area contributed by atoms with E-state index in [-0.39, 0.29) is 11.6 Å². The number of nitrogens with zero attached hydrogens (tertiary/aromatic N) is 4. The van der Waals surface area contributed by atoms with Gasteiger partial charge in [0.25, 0.3) is 0 Å². The number of carbonyl (C=O) groups is 2. The normalized spacial score (nSPS) is 12.0. The maximum atomic E-state index is 12.1. The van der Waals surface area contributed by atoms with Crippen molar-refractivity contribution in [1.82, 2.24) is 19.9 Å². The van der Waals surface area contributed by atoms with Crippen molar-refractivity contribution in [3.05, 3.63) is 36.0 Å². The molecular formula is C14H16N4O3. The maximum Gasteiger partial charge on any atom is 0.358 e. The second kappa shape index (κ2) is 5.74. The number of rotatable bonds is 4. The van der Waals surface area contributed by atoms with Gasteiger partial charge in [-0.25, -0.2) is 9.48 Å². The first-order chi connectivity index (χ1) is 9.93. The van der Waals surface area contributed by atoms with Gasteiger partial charge in [0.2, 0.25) is 5.91 Å². The van der Waals surface area contributed by atoms with Crippen LogP contribution in [-0.2, 0) is 4.79 Å². The van der Waals surface area contributed by atoms with Crippen molar-refractivity contribution in [3.8, 4) is 11.3 Å². The third-order valence-electron chi connectivity index (χ3n) is 3.11. The third kappa shape index (κ3) is 2.76. The minimum atomic E-state index is -1.18. The van der Waals surface area contributed by atoms with E-state index in [1.807, 2.05) is 6.07 Å². The SMILES string of the molecule is CC(C(=O)N(C)C)n1nnc(C(=O)O)c1-c1ccccc1. The van der Waals surface area contributed by atoms with Crippen LogP contribution in [0.3, 0.4) is 0 Å². The van der Waals surface area contributed by atoms with Crippen LogP contribution >= 0.6 is 0 Å². The van der Waals surface area contributed by atoms with Crippen LogP contribution in [-0.4, -0.2) is 51.0 Å². The molecule has 7 nitrogen and oxygen atoms in total. The summed E-state index contributed by atoms with van der Waals surface area (Å²) in [5.41, 5.74) is 0.809. The summed E-state index contributed by atoms with van der Waals surface area (Å²) in [4.78, 5) is 24.9. The molecule has 0 radical (unpaired) electrons. The van der Waals surface area contributed by atoms with E-state index < -0.39 is 12.0 Å². The Morgan fingerprint density at radius 1 is 1.24 bits per heavy atom. The van der Waals surface area contributed by atoms with Crippen LogP contribution in [0.5, 0.6) is 0 Å². The summed E-state index contributed by atoms with van der Waals surface area (Å²) in [5, 5.41) is 16.8. The van der Waals surface area contributed by atoms with Crippen LogP contribution in [0.25, 0.3) is 11.3 Å². The van der Waals surface area contributed by atoms with Gasteiger partial charge < -0.3 is 10.0 Å². The summed E-state index contributed by atoms with van der Waals surface area (Å²) < 4.78 is 1.35. The highest BCUT2D eigenvalue weighted by atomic mass is 16.4. The summed E-state index contributed by atoms with van der Waals surface area (Å²) >= 11 is 0. The predicted molar refractivity (Wildman–Crippen MR) is 75.8 cm³/mol. The van der Waals surface area contributed by atoms with Gasteiger partial charge >= 0.3 is 5.97 Å². The predicted octanol–water partition coefficient (Wildman–Crippen LogP) is 1.29.